The Morgan fingerprint density at radius 2 is 1.53 bits per heavy atom. The molecule has 0 bridgehead atoms. The Bertz CT molecular complexity index is 1540. The van der Waals surface area contributed by atoms with Gasteiger partial charge < -0.3 is 14.5 Å². The van der Waals surface area contributed by atoms with Gasteiger partial charge in [-0.25, -0.2) is 26.5 Å². The summed E-state index contributed by atoms with van der Waals surface area (Å²) in [5, 5.41) is -0.116. The average molecular weight is 529 g/mol. The van der Waals surface area contributed by atoms with Gasteiger partial charge in [0.25, 0.3) is 20.0 Å². The summed E-state index contributed by atoms with van der Waals surface area (Å²) in [5.74, 6) is 1.57. The molecule has 0 aliphatic carbocycles. The molecule has 0 atom stereocenters. The average Bonchev–Trinajstić information content (AvgIpc) is 3.41. The molecule has 12 heteroatoms. The third-order valence-corrected chi connectivity index (χ3v) is 7.87. The van der Waals surface area contributed by atoms with Crippen LogP contribution in [-0.4, -0.2) is 33.9 Å². The maximum atomic E-state index is 13.0. The van der Waals surface area contributed by atoms with E-state index in [9.17, 15) is 16.8 Å². The Hall–Kier alpha value is -3.87. The van der Waals surface area contributed by atoms with Crippen LogP contribution in [0.15, 0.2) is 89.2 Å². The number of anilines is 1. The number of imidazole rings is 1. The highest BCUT2D eigenvalue weighted by Gasteiger charge is 2.20. The molecule has 4 aromatic rings. The number of aromatic amines is 1. The van der Waals surface area contributed by atoms with Crippen molar-refractivity contribution in [2.24, 2.45) is 0 Å². The first-order valence-electron chi connectivity index (χ1n) is 10.7. The van der Waals surface area contributed by atoms with Crippen molar-refractivity contribution in [2.75, 3.05) is 11.8 Å². The van der Waals surface area contributed by atoms with E-state index in [-0.39, 0.29) is 22.2 Å². The summed E-state index contributed by atoms with van der Waals surface area (Å²) in [4.78, 5) is 6.34. The SMILES string of the molecule is COc1ccc(Oc2ccc(NS(=O)(=O)c3ccc(C)cc3)c(CNS(=O)(=O)c3cnc[nH]3)c2)cc1. The fourth-order valence-electron chi connectivity index (χ4n) is 3.22. The van der Waals surface area contributed by atoms with Crippen LogP contribution >= 0.6 is 0 Å². The van der Waals surface area contributed by atoms with E-state index in [1.807, 2.05) is 6.92 Å². The minimum absolute atomic E-state index is 0.0793. The lowest BCUT2D eigenvalue weighted by atomic mass is 10.1. The number of sulfonamides is 2. The number of hydrogen-bond donors (Lipinski definition) is 3. The molecule has 1 aromatic heterocycles. The van der Waals surface area contributed by atoms with Crippen LogP contribution < -0.4 is 18.9 Å². The van der Waals surface area contributed by atoms with Gasteiger partial charge in [-0.1, -0.05) is 17.7 Å². The predicted octanol–water partition coefficient (Wildman–Crippen LogP) is 3.80. The van der Waals surface area contributed by atoms with E-state index < -0.39 is 20.0 Å². The maximum absolute atomic E-state index is 13.0. The molecule has 0 aliphatic rings. The standard InChI is InChI=1S/C24H24N4O6S2/c1-17-3-10-22(11-4-17)35(29,30)28-23-12-9-21(34-20-7-5-19(33-2)6-8-20)13-18(23)14-27-36(31,32)24-15-25-16-26-24/h3-13,15-16,27-28H,14H2,1-2H3,(H,25,26). The van der Waals surface area contributed by atoms with Crippen molar-refractivity contribution in [1.29, 1.82) is 0 Å². The molecule has 0 spiro atoms. The molecule has 0 amide bonds. The minimum atomic E-state index is -3.93. The van der Waals surface area contributed by atoms with Gasteiger partial charge in [0.2, 0.25) is 0 Å². The summed E-state index contributed by atoms with van der Waals surface area (Å²) in [5.41, 5.74) is 1.47. The summed E-state index contributed by atoms with van der Waals surface area (Å²) in [7, 11) is -6.28. The van der Waals surface area contributed by atoms with Gasteiger partial charge in [-0.3, -0.25) is 4.72 Å². The smallest absolute Gasteiger partial charge is 0.261 e. The molecule has 4 rings (SSSR count). The number of aryl methyl sites for hydroxylation is 1. The van der Waals surface area contributed by atoms with Crippen LogP contribution in [0.3, 0.4) is 0 Å². The topological polar surface area (TPSA) is 139 Å². The second kappa shape index (κ2) is 10.4. The zero-order valence-corrected chi connectivity index (χ0v) is 21.1. The second-order valence-corrected chi connectivity index (χ2v) is 11.2. The number of hydrogen-bond acceptors (Lipinski definition) is 7. The Kier molecular flexibility index (Phi) is 7.29. The summed E-state index contributed by atoms with van der Waals surface area (Å²) in [6.45, 7) is 1.64. The number of benzene rings is 3. The molecular weight excluding hydrogens is 504 g/mol. The van der Waals surface area contributed by atoms with Crippen LogP contribution in [0.5, 0.6) is 17.2 Å². The molecule has 0 aliphatic heterocycles. The fraction of sp³-hybridized carbons (Fsp3) is 0.125. The summed E-state index contributed by atoms with van der Waals surface area (Å²) >= 11 is 0. The van der Waals surface area contributed by atoms with Gasteiger partial charge in [-0.05, 0) is 67.1 Å². The van der Waals surface area contributed by atoms with Crippen LogP contribution in [0.2, 0.25) is 0 Å². The zero-order chi connectivity index (χ0) is 25.8. The van der Waals surface area contributed by atoms with Crippen molar-refractivity contribution in [1.82, 2.24) is 14.7 Å². The van der Waals surface area contributed by atoms with E-state index in [0.717, 1.165) is 5.56 Å². The van der Waals surface area contributed by atoms with Crippen molar-refractivity contribution in [2.45, 2.75) is 23.4 Å². The molecule has 10 nitrogen and oxygen atoms in total. The van der Waals surface area contributed by atoms with Gasteiger partial charge >= 0.3 is 0 Å². The van der Waals surface area contributed by atoms with Crippen LogP contribution in [0.25, 0.3) is 0 Å². The van der Waals surface area contributed by atoms with E-state index in [2.05, 4.69) is 19.4 Å². The van der Waals surface area contributed by atoms with E-state index in [4.69, 9.17) is 9.47 Å². The molecule has 36 heavy (non-hydrogen) atoms. The van der Waals surface area contributed by atoms with Crippen molar-refractivity contribution in [3.8, 4) is 17.2 Å². The lowest BCUT2D eigenvalue weighted by Gasteiger charge is -2.15. The van der Waals surface area contributed by atoms with Crippen molar-refractivity contribution in [3.05, 3.63) is 90.4 Å². The molecule has 0 radical (unpaired) electrons. The fourth-order valence-corrected chi connectivity index (χ4v) is 5.23. The Morgan fingerprint density at radius 3 is 2.17 bits per heavy atom. The molecule has 3 aromatic carbocycles. The van der Waals surface area contributed by atoms with Crippen molar-refractivity contribution < 1.29 is 26.3 Å². The first kappa shape index (κ1) is 25.2. The molecule has 0 saturated heterocycles. The molecule has 0 unspecified atom stereocenters. The van der Waals surface area contributed by atoms with Crippen molar-refractivity contribution in [3.63, 3.8) is 0 Å². The number of H-pyrrole nitrogens is 1. The largest absolute Gasteiger partial charge is 0.497 e. The number of nitrogens with one attached hydrogen (secondary N) is 3. The number of rotatable bonds is 10. The molecule has 0 fully saturated rings. The monoisotopic (exact) mass is 528 g/mol. The van der Waals surface area contributed by atoms with Crippen LogP contribution in [0.4, 0.5) is 5.69 Å². The molecule has 1 heterocycles. The highest BCUT2D eigenvalue weighted by Crippen LogP contribution is 2.29. The second-order valence-electron chi connectivity index (χ2n) is 7.76. The molecule has 188 valence electrons. The number of nitrogens with zero attached hydrogens (tertiary/aromatic N) is 1. The summed E-state index contributed by atoms with van der Waals surface area (Å²) < 4.78 is 67.2. The third kappa shape index (κ3) is 6.03. The van der Waals surface area contributed by atoms with E-state index in [1.165, 1.54) is 30.7 Å². The molecule has 0 saturated carbocycles. The summed E-state index contributed by atoms with van der Waals surface area (Å²) in [6.07, 6.45) is 2.42. The first-order valence-corrected chi connectivity index (χ1v) is 13.7. The van der Waals surface area contributed by atoms with Gasteiger partial charge in [0.05, 0.1) is 30.2 Å². The van der Waals surface area contributed by atoms with Gasteiger partial charge in [0.15, 0.2) is 5.03 Å². The van der Waals surface area contributed by atoms with Crippen LogP contribution in [-0.2, 0) is 26.6 Å². The van der Waals surface area contributed by atoms with Gasteiger partial charge in [0, 0.05) is 6.54 Å². The Labute approximate surface area is 209 Å². The normalized spacial score (nSPS) is 11.7. The maximum Gasteiger partial charge on any atom is 0.261 e. The summed E-state index contributed by atoms with van der Waals surface area (Å²) in [6, 6.07) is 18.0. The zero-order valence-electron chi connectivity index (χ0n) is 19.4. The van der Waals surface area contributed by atoms with Crippen molar-refractivity contribution >= 4 is 25.7 Å². The minimum Gasteiger partial charge on any atom is -0.497 e. The Morgan fingerprint density at radius 1 is 0.861 bits per heavy atom. The first-order chi connectivity index (χ1) is 17.2. The van der Waals surface area contributed by atoms with E-state index in [1.54, 1.807) is 55.6 Å². The highest BCUT2D eigenvalue weighted by atomic mass is 32.2. The third-order valence-electron chi connectivity index (χ3n) is 5.16. The van der Waals surface area contributed by atoms with E-state index in [0.29, 0.717) is 22.8 Å². The van der Waals surface area contributed by atoms with Gasteiger partial charge in [0.1, 0.15) is 17.2 Å². The number of ether oxygens (including phenoxy) is 2. The van der Waals surface area contributed by atoms with E-state index >= 15 is 0 Å². The lowest BCUT2D eigenvalue weighted by molar-refractivity contribution is 0.413. The highest BCUT2D eigenvalue weighted by molar-refractivity contribution is 7.92. The van der Waals surface area contributed by atoms with Gasteiger partial charge in [-0.2, -0.15) is 0 Å². The molecule has 3 N–H and O–H groups in total. The Balaban J connectivity index is 1.63. The van der Waals surface area contributed by atoms with Crippen LogP contribution in [0, 0.1) is 6.92 Å². The van der Waals surface area contributed by atoms with Gasteiger partial charge in [-0.15, -0.1) is 0 Å². The number of aromatic nitrogens is 2. The molecular formula is C24H24N4O6S2. The number of methoxy groups -OCH3 is 1. The predicted molar refractivity (Wildman–Crippen MR) is 134 cm³/mol. The lowest BCUT2D eigenvalue weighted by Crippen LogP contribution is -2.24. The quantitative estimate of drug-likeness (QED) is 0.284. The van der Waals surface area contributed by atoms with Crippen LogP contribution in [0.1, 0.15) is 11.1 Å².